The number of benzene rings is 1. The van der Waals surface area contributed by atoms with E-state index in [0.717, 1.165) is 32.7 Å². The number of amides is 1. The lowest BCUT2D eigenvalue weighted by atomic mass is 10.1. The maximum absolute atomic E-state index is 12.3. The minimum atomic E-state index is -0.488. The molecule has 2 atom stereocenters. The average Bonchev–Trinajstić information content (AvgIpc) is 3.02. The van der Waals surface area contributed by atoms with Crippen molar-refractivity contribution in [3.05, 3.63) is 35.9 Å². The number of rotatable bonds is 4. The molecule has 0 unspecified atom stereocenters. The summed E-state index contributed by atoms with van der Waals surface area (Å²) >= 11 is 0. The van der Waals surface area contributed by atoms with E-state index in [0.29, 0.717) is 13.1 Å². The molecule has 0 bridgehead atoms. The zero-order valence-electron chi connectivity index (χ0n) is 18.0. The van der Waals surface area contributed by atoms with E-state index in [1.54, 1.807) is 4.90 Å². The zero-order valence-corrected chi connectivity index (χ0v) is 18.0. The molecule has 7 nitrogen and oxygen atoms in total. The molecule has 2 aliphatic heterocycles. The van der Waals surface area contributed by atoms with Crippen LogP contribution in [0.4, 0.5) is 4.79 Å². The molecular formula is C22H33N3O4. The molecule has 0 spiro atoms. The van der Waals surface area contributed by atoms with Gasteiger partial charge in [0.1, 0.15) is 11.7 Å². The number of hydrogen-bond acceptors (Lipinski definition) is 6. The first-order chi connectivity index (χ1) is 13.7. The number of carbonyl (C=O) groups excluding carboxylic acids is 2. The normalized spacial score (nSPS) is 23.8. The first-order valence-corrected chi connectivity index (χ1v) is 10.4. The lowest BCUT2D eigenvalue weighted by Gasteiger charge is -2.39. The number of esters is 1. The van der Waals surface area contributed by atoms with Crippen LogP contribution in [0.5, 0.6) is 0 Å². The van der Waals surface area contributed by atoms with Crippen LogP contribution in [0, 0.1) is 0 Å². The standard InChI is InChI=1S/C22H33N3O4/c1-17(26)28-20-16-23(14-18-8-6-5-7-9-18)15-19(20)24-10-12-25(13-11-24)21(27)29-22(2,3)4/h5-9,19-20H,10-16H2,1-4H3/t19-,20-/m1/s1. The molecule has 3 rings (SSSR count). The van der Waals surface area contributed by atoms with Gasteiger partial charge in [0.05, 0.1) is 6.04 Å². The van der Waals surface area contributed by atoms with Gasteiger partial charge >= 0.3 is 12.1 Å². The van der Waals surface area contributed by atoms with Crippen LogP contribution < -0.4 is 0 Å². The third kappa shape index (κ3) is 6.18. The Labute approximate surface area is 173 Å². The number of likely N-dealkylation sites (tertiary alicyclic amines) is 1. The van der Waals surface area contributed by atoms with E-state index in [9.17, 15) is 9.59 Å². The number of piperazine rings is 1. The van der Waals surface area contributed by atoms with Crippen LogP contribution >= 0.6 is 0 Å². The molecule has 7 heteroatoms. The Balaban J connectivity index is 1.59. The highest BCUT2D eigenvalue weighted by Crippen LogP contribution is 2.23. The molecule has 2 fully saturated rings. The predicted octanol–water partition coefficient (Wildman–Crippen LogP) is 2.36. The number of hydrogen-bond donors (Lipinski definition) is 0. The van der Waals surface area contributed by atoms with Crippen molar-refractivity contribution in [1.29, 1.82) is 0 Å². The monoisotopic (exact) mass is 403 g/mol. The Hall–Kier alpha value is -2.12. The lowest BCUT2D eigenvalue weighted by Crippen LogP contribution is -2.55. The third-order valence-electron chi connectivity index (χ3n) is 5.31. The molecule has 2 saturated heterocycles. The summed E-state index contributed by atoms with van der Waals surface area (Å²) in [4.78, 5) is 30.4. The van der Waals surface area contributed by atoms with Gasteiger partial charge in [0.2, 0.25) is 0 Å². The zero-order chi connectivity index (χ0) is 21.0. The third-order valence-corrected chi connectivity index (χ3v) is 5.31. The molecule has 0 aliphatic carbocycles. The van der Waals surface area contributed by atoms with Crippen LogP contribution in [0.25, 0.3) is 0 Å². The van der Waals surface area contributed by atoms with E-state index in [1.807, 2.05) is 39.0 Å². The van der Waals surface area contributed by atoms with Crippen LogP contribution in [-0.4, -0.2) is 83.8 Å². The summed E-state index contributed by atoms with van der Waals surface area (Å²) in [5.74, 6) is -0.242. The fourth-order valence-corrected chi connectivity index (χ4v) is 4.05. The largest absolute Gasteiger partial charge is 0.459 e. The smallest absolute Gasteiger partial charge is 0.410 e. The van der Waals surface area contributed by atoms with E-state index in [4.69, 9.17) is 9.47 Å². The van der Waals surface area contributed by atoms with Gasteiger partial charge in [-0.3, -0.25) is 14.6 Å². The van der Waals surface area contributed by atoms with Crippen molar-refractivity contribution >= 4 is 12.1 Å². The Morgan fingerprint density at radius 1 is 1.03 bits per heavy atom. The quantitative estimate of drug-likeness (QED) is 0.720. The second-order valence-electron chi connectivity index (χ2n) is 8.90. The van der Waals surface area contributed by atoms with E-state index < -0.39 is 5.60 Å². The SMILES string of the molecule is CC(=O)O[C@@H]1CN(Cc2ccccc2)C[C@H]1N1CCN(C(=O)OC(C)(C)C)CC1. The van der Waals surface area contributed by atoms with Crippen LogP contribution in [-0.2, 0) is 20.8 Å². The molecule has 0 saturated carbocycles. The van der Waals surface area contributed by atoms with E-state index >= 15 is 0 Å². The number of carbonyl (C=O) groups is 2. The summed E-state index contributed by atoms with van der Waals surface area (Å²) in [5.41, 5.74) is 0.766. The highest BCUT2D eigenvalue weighted by molar-refractivity contribution is 5.68. The van der Waals surface area contributed by atoms with Crippen LogP contribution in [0.1, 0.15) is 33.3 Å². The molecule has 1 aromatic carbocycles. The summed E-state index contributed by atoms with van der Waals surface area (Å²) in [6, 6.07) is 10.5. The molecule has 0 N–H and O–H groups in total. The Morgan fingerprint density at radius 3 is 2.28 bits per heavy atom. The minimum absolute atomic E-state index is 0.142. The summed E-state index contributed by atoms with van der Waals surface area (Å²) in [7, 11) is 0. The highest BCUT2D eigenvalue weighted by Gasteiger charge is 2.40. The number of ether oxygens (including phenoxy) is 2. The Kier molecular flexibility index (Phi) is 6.80. The first kappa shape index (κ1) is 21.6. The maximum atomic E-state index is 12.3. The second kappa shape index (κ2) is 9.13. The fraction of sp³-hybridized carbons (Fsp3) is 0.636. The van der Waals surface area contributed by atoms with Crippen molar-refractivity contribution in [2.45, 2.75) is 52.0 Å². The van der Waals surface area contributed by atoms with Crippen molar-refractivity contribution < 1.29 is 19.1 Å². The minimum Gasteiger partial charge on any atom is -0.459 e. The number of nitrogens with zero attached hydrogens (tertiary/aromatic N) is 3. The van der Waals surface area contributed by atoms with Gasteiger partial charge in [-0.1, -0.05) is 30.3 Å². The van der Waals surface area contributed by atoms with E-state index in [-0.39, 0.29) is 24.2 Å². The van der Waals surface area contributed by atoms with E-state index in [2.05, 4.69) is 21.9 Å². The van der Waals surface area contributed by atoms with Gasteiger partial charge in [0.15, 0.2) is 0 Å². The lowest BCUT2D eigenvalue weighted by molar-refractivity contribution is -0.148. The van der Waals surface area contributed by atoms with Gasteiger partial charge in [0, 0.05) is 52.7 Å². The fourth-order valence-electron chi connectivity index (χ4n) is 4.05. The van der Waals surface area contributed by atoms with Gasteiger partial charge in [0.25, 0.3) is 0 Å². The second-order valence-corrected chi connectivity index (χ2v) is 8.90. The van der Waals surface area contributed by atoms with Crippen LogP contribution in [0.15, 0.2) is 30.3 Å². The summed E-state index contributed by atoms with van der Waals surface area (Å²) in [6.07, 6.45) is -0.407. The van der Waals surface area contributed by atoms with Crippen molar-refractivity contribution in [2.75, 3.05) is 39.3 Å². The molecule has 0 radical (unpaired) electrons. The van der Waals surface area contributed by atoms with Crippen LogP contribution in [0.3, 0.4) is 0 Å². The van der Waals surface area contributed by atoms with Gasteiger partial charge in [-0.2, -0.15) is 0 Å². The summed E-state index contributed by atoms with van der Waals surface area (Å²) in [5, 5.41) is 0. The van der Waals surface area contributed by atoms with Gasteiger partial charge in [-0.25, -0.2) is 4.79 Å². The van der Waals surface area contributed by atoms with Crippen molar-refractivity contribution in [2.24, 2.45) is 0 Å². The van der Waals surface area contributed by atoms with Gasteiger partial charge in [-0.15, -0.1) is 0 Å². The molecule has 1 amide bonds. The average molecular weight is 404 g/mol. The molecule has 2 aliphatic rings. The molecule has 160 valence electrons. The van der Waals surface area contributed by atoms with Crippen molar-refractivity contribution in [1.82, 2.24) is 14.7 Å². The Bertz CT molecular complexity index is 696. The predicted molar refractivity (Wildman–Crippen MR) is 110 cm³/mol. The summed E-state index contributed by atoms with van der Waals surface area (Å²) in [6.45, 7) is 12.3. The van der Waals surface area contributed by atoms with Crippen LogP contribution in [0.2, 0.25) is 0 Å². The molecular weight excluding hydrogens is 370 g/mol. The van der Waals surface area contributed by atoms with Crippen molar-refractivity contribution in [3.8, 4) is 0 Å². The Morgan fingerprint density at radius 2 is 1.69 bits per heavy atom. The highest BCUT2D eigenvalue weighted by atomic mass is 16.6. The molecule has 0 aromatic heterocycles. The molecule has 2 heterocycles. The molecule has 1 aromatic rings. The van der Waals surface area contributed by atoms with Gasteiger partial charge in [-0.05, 0) is 26.3 Å². The molecule has 29 heavy (non-hydrogen) atoms. The topological polar surface area (TPSA) is 62.3 Å². The van der Waals surface area contributed by atoms with Crippen molar-refractivity contribution in [3.63, 3.8) is 0 Å². The van der Waals surface area contributed by atoms with E-state index in [1.165, 1.54) is 12.5 Å². The van der Waals surface area contributed by atoms with Gasteiger partial charge < -0.3 is 14.4 Å². The maximum Gasteiger partial charge on any atom is 0.410 e. The first-order valence-electron chi connectivity index (χ1n) is 10.4. The summed E-state index contributed by atoms with van der Waals surface area (Å²) < 4.78 is 11.1.